The molecule has 0 spiro atoms. The molecule has 7 heteroatoms. The van der Waals surface area contributed by atoms with E-state index in [1.165, 1.54) is 27.8 Å². The number of hydrogen-bond acceptors (Lipinski definition) is 6. The van der Waals surface area contributed by atoms with Gasteiger partial charge in [-0.05, 0) is 47.2 Å². The zero-order valence-electron chi connectivity index (χ0n) is 22.2. The first-order valence-corrected chi connectivity index (χ1v) is 14.5. The fourth-order valence-electron chi connectivity index (χ4n) is 6.50. The Morgan fingerprint density at radius 3 is 2.26 bits per heavy atom. The topological polar surface area (TPSA) is 55.9 Å². The number of hydrogen-bond donors (Lipinski definition) is 2. The predicted octanol–water partition coefficient (Wildman–Crippen LogP) is 4.53. The molecule has 3 aromatic rings. The highest BCUT2D eigenvalue weighted by molar-refractivity contribution is 7.80. The van der Waals surface area contributed by atoms with Gasteiger partial charge in [-0.3, -0.25) is 29.6 Å². The summed E-state index contributed by atoms with van der Waals surface area (Å²) in [6.07, 6.45) is 2.05. The van der Waals surface area contributed by atoms with Crippen LogP contribution < -0.4 is 5.32 Å². The fourth-order valence-corrected chi connectivity index (χ4v) is 6.98. The van der Waals surface area contributed by atoms with Crippen molar-refractivity contribution in [2.45, 2.75) is 49.8 Å². The maximum absolute atomic E-state index is 12.6. The summed E-state index contributed by atoms with van der Waals surface area (Å²) in [4.78, 5) is 31.6. The maximum Gasteiger partial charge on any atom is 0.243 e. The van der Waals surface area contributed by atoms with E-state index in [0.717, 1.165) is 39.1 Å². The minimum Gasteiger partial charge on any atom is -0.298 e. The summed E-state index contributed by atoms with van der Waals surface area (Å²) in [5.74, 6) is -0.375. The van der Waals surface area contributed by atoms with Crippen molar-refractivity contribution in [3.63, 3.8) is 0 Å². The normalized spacial score (nSPS) is 23.0. The summed E-state index contributed by atoms with van der Waals surface area (Å²) >= 11 is 4.91. The van der Waals surface area contributed by atoms with Gasteiger partial charge in [0.05, 0.1) is 17.5 Å². The number of benzene rings is 3. The fraction of sp³-hybridized carbons (Fsp3) is 0.375. The lowest BCUT2D eigenvalue weighted by Crippen LogP contribution is -2.51. The Kier molecular flexibility index (Phi) is 7.84. The number of imide groups is 1. The van der Waals surface area contributed by atoms with Crippen LogP contribution in [0.5, 0.6) is 0 Å². The molecule has 1 N–H and O–H groups in total. The molecule has 3 aromatic carbocycles. The Bertz CT molecular complexity index is 1280. The van der Waals surface area contributed by atoms with Crippen molar-refractivity contribution < 1.29 is 9.59 Å². The summed E-state index contributed by atoms with van der Waals surface area (Å²) in [5.41, 5.74) is 6.47. The number of piperidine rings is 1. The minimum absolute atomic E-state index is 0.138. The van der Waals surface area contributed by atoms with Crippen molar-refractivity contribution in [2.24, 2.45) is 0 Å². The molecule has 6 rings (SSSR count). The Morgan fingerprint density at radius 2 is 1.56 bits per heavy atom. The molecule has 2 unspecified atom stereocenters. The van der Waals surface area contributed by atoms with E-state index in [0.29, 0.717) is 19.4 Å². The third-order valence-corrected chi connectivity index (χ3v) is 9.04. The molecule has 0 bridgehead atoms. The molecular weight excluding hydrogens is 504 g/mol. The number of fused-ring (bicyclic) bond motifs is 1. The molecule has 0 aromatic heterocycles. The molecule has 3 aliphatic rings. The van der Waals surface area contributed by atoms with Crippen molar-refractivity contribution in [3.05, 3.63) is 107 Å². The zero-order valence-corrected chi connectivity index (χ0v) is 23.1. The summed E-state index contributed by atoms with van der Waals surface area (Å²) in [6.45, 7) is 5.69. The quantitative estimate of drug-likeness (QED) is 0.355. The monoisotopic (exact) mass is 540 g/mol. The summed E-state index contributed by atoms with van der Waals surface area (Å²) in [6, 6.07) is 28.1. The second kappa shape index (κ2) is 11.6. The van der Waals surface area contributed by atoms with E-state index in [-0.39, 0.29) is 29.3 Å². The largest absolute Gasteiger partial charge is 0.298 e. The summed E-state index contributed by atoms with van der Waals surface area (Å²) in [7, 11) is 0. The highest BCUT2D eigenvalue weighted by Gasteiger charge is 2.39. The van der Waals surface area contributed by atoms with Crippen LogP contribution in [-0.4, -0.2) is 58.7 Å². The first kappa shape index (κ1) is 26.3. The Morgan fingerprint density at radius 1 is 0.846 bits per heavy atom. The number of rotatable bonds is 6. The SMILES string of the molecule is O=C1CCC(N2Cc3c(CN4CCCN(C(c5ccccc5)c5ccccc5)CC4)cccc3C2S)C(=O)N1. The number of amides is 2. The molecule has 39 heavy (non-hydrogen) atoms. The molecule has 0 radical (unpaired) electrons. The third-order valence-electron chi connectivity index (χ3n) is 8.47. The summed E-state index contributed by atoms with van der Waals surface area (Å²) < 4.78 is 0. The molecule has 202 valence electrons. The van der Waals surface area contributed by atoms with Crippen LogP contribution in [-0.2, 0) is 22.7 Å². The van der Waals surface area contributed by atoms with Gasteiger partial charge in [0.15, 0.2) is 0 Å². The van der Waals surface area contributed by atoms with Gasteiger partial charge in [0.1, 0.15) is 0 Å². The standard InChI is InChI=1S/C32H36N4O2S/c37-29-16-15-28(31(38)33-29)36-22-27-25(13-7-14-26(27)32(36)39)21-34-17-8-18-35(20-19-34)30(23-9-3-1-4-10-23)24-11-5-2-6-12-24/h1-7,9-14,28,30,32,39H,8,15-22H2,(H,33,37,38). The lowest BCUT2D eigenvalue weighted by Gasteiger charge is -2.32. The average Bonchev–Trinajstić information content (AvgIpc) is 3.12. The van der Waals surface area contributed by atoms with Gasteiger partial charge in [0, 0.05) is 39.1 Å². The zero-order chi connectivity index (χ0) is 26.8. The Hall–Kier alpha value is -2.97. The number of carbonyl (C=O) groups excluding carboxylic acids is 2. The van der Waals surface area contributed by atoms with E-state index in [1.54, 1.807) is 0 Å². The van der Waals surface area contributed by atoms with Crippen LogP contribution in [0.1, 0.15) is 58.5 Å². The Balaban J connectivity index is 1.17. The van der Waals surface area contributed by atoms with E-state index in [4.69, 9.17) is 12.6 Å². The molecule has 0 saturated carbocycles. The average molecular weight is 541 g/mol. The first-order valence-electron chi connectivity index (χ1n) is 14.0. The minimum atomic E-state index is -0.315. The van der Waals surface area contributed by atoms with Crippen LogP contribution in [0.4, 0.5) is 0 Å². The number of carbonyl (C=O) groups is 2. The van der Waals surface area contributed by atoms with Crippen molar-refractivity contribution in [1.29, 1.82) is 0 Å². The first-order chi connectivity index (χ1) is 19.1. The highest BCUT2D eigenvalue weighted by Crippen LogP contribution is 2.41. The van der Waals surface area contributed by atoms with Crippen LogP contribution in [0.15, 0.2) is 78.9 Å². The van der Waals surface area contributed by atoms with Crippen molar-refractivity contribution in [1.82, 2.24) is 20.0 Å². The highest BCUT2D eigenvalue weighted by atomic mass is 32.1. The molecule has 2 atom stereocenters. The van der Waals surface area contributed by atoms with Gasteiger partial charge in [0.25, 0.3) is 0 Å². The van der Waals surface area contributed by atoms with Crippen molar-refractivity contribution in [3.8, 4) is 0 Å². The molecule has 3 aliphatic heterocycles. The predicted molar refractivity (Wildman–Crippen MR) is 156 cm³/mol. The molecule has 6 nitrogen and oxygen atoms in total. The summed E-state index contributed by atoms with van der Waals surface area (Å²) in [5, 5.41) is 2.37. The number of nitrogens with zero attached hydrogens (tertiary/aromatic N) is 3. The van der Waals surface area contributed by atoms with Gasteiger partial charge >= 0.3 is 0 Å². The smallest absolute Gasteiger partial charge is 0.243 e. The van der Waals surface area contributed by atoms with E-state index in [2.05, 4.69) is 98.9 Å². The van der Waals surface area contributed by atoms with Crippen LogP contribution in [0.2, 0.25) is 0 Å². The lowest BCUT2D eigenvalue weighted by atomic mass is 9.97. The maximum atomic E-state index is 12.6. The molecule has 2 saturated heterocycles. The lowest BCUT2D eigenvalue weighted by molar-refractivity contribution is -0.137. The van der Waals surface area contributed by atoms with E-state index in [9.17, 15) is 9.59 Å². The van der Waals surface area contributed by atoms with Gasteiger partial charge in [-0.15, -0.1) is 0 Å². The number of nitrogens with one attached hydrogen (secondary N) is 1. The van der Waals surface area contributed by atoms with Crippen molar-refractivity contribution in [2.75, 3.05) is 26.2 Å². The Labute approximate surface area is 236 Å². The van der Waals surface area contributed by atoms with E-state index in [1.807, 2.05) is 0 Å². The van der Waals surface area contributed by atoms with Crippen LogP contribution in [0.3, 0.4) is 0 Å². The molecule has 0 aliphatic carbocycles. The van der Waals surface area contributed by atoms with Gasteiger partial charge < -0.3 is 0 Å². The second-order valence-electron chi connectivity index (χ2n) is 10.9. The van der Waals surface area contributed by atoms with E-state index >= 15 is 0 Å². The van der Waals surface area contributed by atoms with Crippen LogP contribution in [0, 0.1) is 0 Å². The molecule has 3 heterocycles. The van der Waals surface area contributed by atoms with Gasteiger partial charge in [0.2, 0.25) is 11.8 Å². The second-order valence-corrected chi connectivity index (χ2v) is 11.4. The molecular formula is C32H36N4O2S. The van der Waals surface area contributed by atoms with E-state index < -0.39 is 0 Å². The molecule has 2 fully saturated rings. The van der Waals surface area contributed by atoms with Gasteiger partial charge in [-0.2, -0.15) is 12.6 Å². The third kappa shape index (κ3) is 5.54. The van der Waals surface area contributed by atoms with Gasteiger partial charge in [-0.1, -0.05) is 78.9 Å². The van der Waals surface area contributed by atoms with Crippen molar-refractivity contribution >= 4 is 24.4 Å². The van der Waals surface area contributed by atoms with Gasteiger partial charge in [-0.25, -0.2) is 0 Å². The molecule has 2 amide bonds. The van der Waals surface area contributed by atoms with Crippen LogP contribution in [0.25, 0.3) is 0 Å². The number of thiol groups is 1. The van der Waals surface area contributed by atoms with Crippen LogP contribution >= 0.6 is 12.6 Å².